The number of hydrogen-bond acceptors (Lipinski definition) is 5. The standard InChI is InChI=1S/C23H40O5/c1-2-3-4-5-6-7-8-9-10-17(24)18-11-12-19(26-18)20-13-14-21(27-20)22-15-16-23(25)28-22/h17-22,24H,2-16H2,1H3/t17-,18+,19-,20-,21-,22+/m0/s1. The summed E-state index contributed by atoms with van der Waals surface area (Å²) in [5.74, 6) is -0.0988. The van der Waals surface area contributed by atoms with Gasteiger partial charge in [-0.15, -0.1) is 0 Å². The van der Waals surface area contributed by atoms with Crippen LogP contribution in [0.5, 0.6) is 0 Å². The molecule has 0 aromatic heterocycles. The van der Waals surface area contributed by atoms with Crippen LogP contribution in [0, 0.1) is 0 Å². The molecule has 0 spiro atoms. The molecule has 5 heteroatoms. The lowest BCUT2D eigenvalue weighted by Gasteiger charge is -2.24. The van der Waals surface area contributed by atoms with E-state index in [4.69, 9.17) is 14.2 Å². The molecule has 3 rings (SSSR count). The van der Waals surface area contributed by atoms with Gasteiger partial charge in [-0.1, -0.05) is 58.3 Å². The van der Waals surface area contributed by atoms with E-state index < -0.39 is 0 Å². The minimum atomic E-state index is -0.349. The van der Waals surface area contributed by atoms with E-state index in [1.54, 1.807) is 0 Å². The summed E-state index contributed by atoms with van der Waals surface area (Å²) < 4.78 is 17.7. The molecule has 5 nitrogen and oxygen atoms in total. The number of carbonyl (C=O) groups is 1. The van der Waals surface area contributed by atoms with Crippen LogP contribution in [0.2, 0.25) is 0 Å². The van der Waals surface area contributed by atoms with Gasteiger partial charge in [0.25, 0.3) is 0 Å². The van der Waals surface area contributed by atoms with Gasteiger partial charge >= 0.3 is 5.97 Å². The topological polar surface area (TPSA) is 65.0 Å². The molecular formula is C23H40O5. The molecule has 0 radical (unpaired) electrons. The van der Waals surface area contributed by atoms with Crippen molar-refractivity contribution in [1.29, 1.82) is 0 Å². The Balaban J connectivity index is 1.27. The molecule has 162 valence electrons. The molecule has 3 aliphatic rings. The second kappa shape index (κ2) is 11.5. The van der Waals surface area contributed by atoms with E-state index in [0.717, 1.165) is 44.9 Å². The van der Waals surface area contributed by atoms with Crippen molar-refractivity contribution in [1.82, 2.24) is 0 Å². The molecule has 6 atom stereocenters. The van der Waals surface area contributed by atoms with Crippen LogP contribution in [0.1, 0.15) is 103 Å². The highest BCUT2D eigenvalue weighted by Crippen LogP contribution is 2.36. The van der Waals surface area contributed by atoms with E-state index in [0.29, 0.717) is 6.42 Å². The van der Waals surface area contributed by atoms with Gasteiger partial charge in [0.2, 0.25) is 0 Å². The van der Waals surface area contributed by atoms with E-state index in [2.05, 4.69) is 6.92 Å². The Bertz CT molecular complexity index is 468. The summed E-state index contributed by atoms with van der Waals surface area (Å²) in [4.78, 5) is 11.3. The van der Waals surface area contributed by atoms with Crippen LogP contribution in [0.25, 0.3) is 0 Å². The van der Waals surface area contributed by atoms with E-state index in [1.807, 2.05) is 0 Å². The van der Waals surface area contributed by atoms with E-state index in [9.17, 15) is 9.90 Å². The Morgan fingerprint density at radius 2 is 1.43 bits per heavy atom. The number of carbonyl (C=O) groups excluding carboxylic acids is 1. The molecule has 3 fully saturated rings. The Labute approximate surface area is 170 Å². The van der Waals surface area contributed by atoms with Gasteiger partial charge in [-0.3, -0.25) is 4.79 Å². The van der Waals surface area contributed by atoms with Gasteiger partial charge in [-0.2, -0.15) is 0 Å². The lowest BCUT2D eigenvalue weighted by atomic mass is 10.0. The first kappa shape index (κ1) is 22.0. The van der Waals surface area contributed by atoms with Crippen LogP contribution in [0.3, 0.4) is 0 Å². The lowest BCUT2D eigenvalue weighted by molar-refractivity contribution is -0.149. The molecule has 0 aromatic rings. The van der Waals surface area contributed by atoms with E-state index >= 15 is 0 Å². The summed E-state index contributed by atoms with van der Waals surface area (Å²) in [5.41, 5.74) is 0. The molecule has 1 N–H and O–H groups in total. The summed E-state index contributed by atoms with van der Waals surface area (Å²) >= 11 is 0. The summed E-state index contributed by atoms with van der Waals surface area (Å²) in [6, 6.07) is 0. The van der Waals surface area contributed by atoms with Crippen molar-refractivity contribution >= 4 is 5.97 Å². The summed E-state index contributed by atoms with van der Waals surface area (Å²) in [6.45, 7) is 2.25. The predicted octanol–water partition coefficient (Wildman–Crippen LogP) is 4.68. The monoisotopic (exact) mass is 396 g/mol. The van der Waals surface area contributed by atoms with Crippen LogP contribution in [-0.2, 0) is 19.0 Å². The first-order chi connectivity index (χ1) is 13.7. The maximum absolute atomic E-state index is 11.3. The van der Waals surface area contributed by atoms with Crippen molar-refractivity contribution in [2.24, 2.45) is 0 Å². The van der Waals surface area contributed by atoms with E-state index in [-0.39, 0.29) is 42.6 Å². The average molecular weight is 397 g/mol. The van der Waals surface area contributed by atoms with Crippen molar-refractivity contribution in [3.8, 4) is 0 Å². The van der Waals surface area contributed by atoms with Gasteiger partial charge in [-0.25, -0.2) is 0 Å². The highest BCUT2D eigenvalue weighted by Gasteiger charge is 2.43. The number of cyclic esters (lactones) is 1. The Morgan fingerprint density at radius 1 is 0.821 bits per heavy atom. The first-order valence-electron chi connectivity index (χ1n) is 11.9. The largest absolute Gasteiger partial charge is 0.460 e. The first-order valence-corrected chi connectivity index (χ1v) is 11.9. The molecule has 0 aliphatic carbocycles. The zero-order valence-corrected chi connectivity index (χ0v) is 17.7. The van der Waals surface area contributed by atoms with Gasteiger partial charge in [0, 0.05) is 6.42 Å². The summed E-state index contributed by atoms with van der Waals surface area (Å²) in [7, 11) is 0. The van der Waals surface area contributed by atoms with Crippen molar-refractivity contribution in [3.63, 3.8) is 0 Å². The predicted molar refractivity (Wildman–Crippen MR) is 108 cm³/mol. The molecular weight excluding hydrogens is 356 g/mol. The highest BCUT2D eigenvalue weighted by molar-refractivity contribution is 5.71. The Hall–Kier alpha value is -0.650. The van der Waals surface area contributed by atoms with Crippen LogP contribution < -0.4 is 0 Å². The molecule has 0 saturated carbocycles. The fourth-order valence-corrected chi connectivity index (χ4v) is 4.96. The van der Waals surface area contributed by atoms with Gasteiger partial charge < -0.3 is 19.3 Å². The van der Waals surface area contributed by atoms with E-state index in [1.165, 1.54) is 44.9 Å². The van der Waals surface area contributed by atoms with Gasteiger partial charge in [0.15, 0.2) is 0 Å². The molecule has 3 saturated heterocycles. The quantitative estimate of drug-likeness (QED) is 0.383. The fraction of sp³-hybridized carbons (Fsp3) is 0.957. The average Bonchev–Trinajstić information content (AvgIpc) is 3.43. The maximum Gasteiger partial charge on any atom is 0.306 e. The number of esters is 1. The molecule has 3 aliphatic heterocycles. The fourth-order valence-electron chi connectivity index (χ4n) is 4.96. The number of unbranched alkanes of at least 4 members (excludes halogenated alkanes) is 7. The highest BCUT2D eigenvalue weighted by atomic mass is 16.6. The maximum atomic E-state index is 11.3. The van der Waals surface area contributed by atoms with Crippen molar-refractivity contribution < 1.29 is 24.1 Å². The van der Waals surface area contributed by atoms with Gasteiger partial charge in [-0.05, 0) is 38.5 Å². The number of rotatable bonds is 12. The molecule has 28 heavy (non-hydrogen) atoms. The SMILES string of the molecule is CCCCCCCCCC[C@H](O)[C@H]1CC[C@@H]([C@@H]2CC[C@@H]([C@H]3CCC(=O)O3)O2)O1. The van der Waals surface area contributed by atoms with Crippen LogP contribution in [0.15, 0.2) is 0 Å². The van der Waals surface area contributed by atoms with Crippen molar-refractivity contribution in [3.05, 3.63) is 0 Å². The number of ether oxygens (including phenoxy) is 3. The minimum absolute atomic E-state index is 0.0290. The summed E-state index contributed by atoms with van der Waals surface area (Å²) in [6.07, 6.45) is 16.0. The molecule has 0 aromatic carbocycles. The number of aliphatic hydroxyl groups is 1. The summed E-state index contributed by atoms with van der Waals surface area (Å²) in [5, 5.41) is 10.5. The van der Waals surface area contributed by atoms with Crippen molar-refractivity contribution in [2.45, 2.75) is 140 Å². The van der Waals surface area contributed by atoms with Crippen LogP contribution >= 0.6 is 0 Å². The minimum Gasteiger partial charge on any atom is -0.460 e. The molecule has 0 bridgehead atoms. The van der Waals surface area contributed by atoms with Crippen LogP contribution in [0.4, 0.5) is 0 Å². The Morgan fingerprint density at radius 3 is 2.11 bits per heavy atom. The molecule has 0 unspecified atom stereocenters. The second-order valence-electron chi connectivity index (χ2n) is 8.98. The van der Waals surface area contributed by atoms with Crippen molar-refractivity contribution in [2.75, 3.05) is 0 Å². The third kappa shape index (κ3) is 6.43. The normalized spacial score (nSPS) is 34.1. The zero-order valence-electron chi connectivity index (χ0n) is 17.7. The third-order valence-electron chi connectivity index (χ3n) is 6.70. The molecule has 0 amide bonds. The van der Waals surface area contributed by atoms with Crippen LogP contribution in [-0.4, -0.2) is 47.7 Å². The lowest BCUT2D eigenvalue weighted by Crippen LogP contribution is -2.33. The zero-order chi connectivity index (χ0) is 19.8. The van der Waals surface area contributed by atoms with Gasteiger partial charge in [0.1, 0.15) is 6.10 Å². The number of hydrogen-bond donors (Lipinski definition) is 1. The third-order valence-corrected chi connectivity index (χ3v) is 6.70. The van der Waals surface area contributed by atoms with Gasteiger partial charge in [0.05, 0.1) is 30.5 Å². The number of aliphatic hydroxyl groups excluding tert-OH is 1. The molecule has 3 heterocycles. The Kier molecular flexibility index (Phi) is 9.06. The second-order valence-corrected chi connectivity index (χ2v) is 8.98. The smallest absolute Gasteiger partial charge is 0.306 e.